The van der Waals surface area contributed by atoms with Gasteiger partial charge in [0, 0.05) is 16.7 Å². The van der Waals surface area contributed by atoms with E-state index in [1.165, 1.54) is 12.1 Å². The molecular formula is C25H24F3N3O. The van der Waals surface area contributed by atoms with Gasteiger partial charge in [-0.15, -0.1) is 0 Å². The van der Waals surface area contributed by atoms with Crippen molar-refractivity contribution in [2.45, 2.75) is 51.1 Å². The molecule has 166 valence electrons. The number of hydrogen-bond donors (Lipinski definition) is 1. The van der Waals surface area contributed by atoms with Gasteiger partial charge in [-0.25, -0.2) is 4.68 Å². The fourth-order valence-electron chi connectivity index (χ4n) is 5.61. The minimum absolute atomic E-state index is 0.0532. The molecule has 2 aromatic carbocycles. The van der Waals surface area contributed by atoms with Crippen molar-refractivity contribution >= 4 is 11.6 Å². The number of aromatic nitrogens is 2. The van der Waals surface area contributed by atoms with Crippen LogP contribution in [0.3, 0.4) is 0 Å². The Labute approximate surface area is 184 Å². The number of alkyl halides is 3. The lowest BCUT2D eigenvalue weighted by Crippen LogP contribution is -2.33. The molecule has 1 saturated carbocycles. The molecule has 0 aliphatic heterocycles. The van der Waals surface area contributed by atoms with Gasteiger partial charge < -0.3 is 5.32 Å². The van der Waals surface area contributed by atoms with E-state index in [4.69, 9.17) is 5.10 Å². The third kappa shape index (κ3) is 2.83. The molecule has 1 aromatic heterocycles. The molecule has 2 bridgehead atoms. The zero-order valence-electron chi connectivity index (χ0n) is 18.1. The number of fused-ring (bicyclic) bond motifs is 5. The molecule has 1 heterocycles. The molecule has 2 aliphatic carbocycles. The second-order valence-electron chi connectivity index (χ2n) is 9.54. The molecule has 2 aliphatic rings. The van der Waals surface area contributed by atoms with E-state index in [9.17, 15) is 18.0 Å². The number of anilines is 1. The highest BCUT2D eigenvalue weighted by molar-refractivity contribution is 6.04. The van der Waals surface area contributed by atoms with Crippen LogP contribution < -0.4 is 5.32 Å². The van der Waals surface area contributed by atoms with Crippen LogP contribution in [0, 0.1) is 5.41 Å². The lowest BCUT2D eigenvalue weighted by molar-refractivity contribution is -0.137. The smallest absolute Gasteiger partial charge is 0.321 e. The van der Waals surface area contributed by atoms with E-state index in [0.717, 1.165) is 41.9 Å². The molecule has 7 heteroatoms. The summed E-state index contributed by atoms with van der Waals surface area (Å²) in [5.41, 5.74) is 2.22. The largest absolute Gasteiger partial charge is 0.416 e. The Morgan fingerprint density at radius 2 is 1.81 bits per heavy atom. The Morgan fingerprint density at radius 1 is 1.09 bits per heavy atom. The van der Waals surface area contributed by atoms with Gasteiger partial charge in [-0.3, -0.25) is 4.79 Å². The third-order valence-corrected chi connectivity index (χ3v) is 7.68. The topological polar surface area (TPSA) is 46.9 Å². The summed E-state index contributed by atoms with van der Waals surface area (Å²) in [5, 5.41) is 7.35. The van der Waals surface area contributed by atoms with Crippen LogP contribution in [0.4, 0.5) is 18.9 Å². The summed E-state index contributed by atoms with van der Waals surface area (Å²) in [7, 11) is 0. The zero-order valence-corrected chi connectivity index (χ0v) is 18.1. The van der Waals surface area contributed by atoms with Crippen molar-refractivity contribution < 1.29 is 18.0 Å². The van der Waals surface area contributed by atoms with Crippen molar-refractivity contribution in [3.05, 3.63) is 77.1 Å². The van der Waals surface area contributed by atoms with Crippen LogP contribution >= 0.6 is 0 Å². The second kappa shape index (κ2) is 6.70. The highest BCUT2D eigenvalue weighted by Gasteiger charge is 2.63. The summed E-state index contributed by atoms with van der Waals surface area (Å²) in [6, 6.07) is 14.3. The standard InChI is InChI=1S/C25H24F3N3O/c1-23(2)18-12-13-24(23,3)21-19(18)20(30-31(21)17-10-5-4-6-11-17)22(32)29-16-9-7-8-15(14-16)25(26,27)28/h4-11,14,18H,12-13H2,1-3H3,(H,29,32). The van der Waals surface area contributed by atoms with Crippen molar-refractivity contribution in [3.63, 3.8) is 0 Å². The number of para-hydroxylation sites is 1. The van der Waals surface area contributed by atoms with Gasteiger partial charge in [-0.2, -0.15) is 18.3 Å². The maximum Gasteiger partial charge on any atom is 0.416 e. The number of nitrogens with one attached hydrogen (secondary N) is 1. The van der Waals surface area contributed by atoms with Crippen LogP contribution in [0.2, 0.25) is 0 Å². The molecule has 3 aromatic rings. The van der Waals surface area contributed by atoms with Gasteiger partial charge in [0.2, 0.25) is 0 Å². The number of halogens is 3. The normalized spacial score (nSPS) is 23.2. The summed E-state index contributed by atoms with van der Waals surface area (Å²) in [6.07, 6.45) is -2.51. The first-order chi connectivity index (χ1) is 15.0. The van der Waals surface area contributed by atoms with Crippen molar-refractivity contribution in [1.29, 1.82) is 0 Å². The van der Waals surface area contributed by atoms with Crippen molar-refractivity contribution in [1.82, 2.24) is 9.78 Å². The minimum Gasteiger partial charge on any atom is -0.321 e. The zero-order chi connectivity index (χ0) is 22.9. The number of carbonyl (C=O) groups excluding carboxylic acids is 1. The van der Waals surface area contributed by atoms with E-state index in [1.54, 1.807) is 0 Å². The average Bonchev–Trinajstić information content (AvgIpc) is 3.30. The first-order valence-electron chi connectivity index (χ1n) is 10.7. The Balaban J connectivity index is 1.61. The highest BCUT2D eigenvalue weighted by Crippen LogP contribution is 2.68. The van der Waals surface area contributed by atoms with E-state index >= 15 is 0 Å². The van der Waals surface area contributed by atoms with Crippen molar-refractivity contribution in [3.8, 4) is 5.69 Å². The molecule has 0 spiro atoms. The Kier molecular flexibility index (Phi) is 4.36. The van der Waals surface area contributed by atoms with Gasteiger partial charge in [-0.1, -0.05) is 45.0 Å². The third-order valence-electron chi connectivity index (χ3n) is 7.68. The van der Waals surface area contributed by atoms with E-state index in [1.807, 2.05) is 35.0 Å². The molecule has 1 amide bonds. The summed E-state index contributed by atoms with van der Waals surface area (Å²) < 4.78 is 41.2. The number of rotatable bonds is 3. The predicted octanol–water partition coefficient (Wildman–Crippen LogP) is 6.32. The Hall–Kier alpha value is -3.09. The van der Waals surface area contributed by atoms with E-state index in [-0.39, 0.29) is 22.4 Å². The first kappa shape index (κ1) is 20.8. The number of amides is 1. The Morgan fingerprint density at radius 3 is 2.50 bits per heavy atom. The summed E-state index contributed by atoms with van der Waals surface area (Å²) >= 11 is 0. The maximum atomic E-state index is 13.3. The van der Waals surface area contributed by atoms with Crippen LogP contribution in [0.15, 0.2) is 54.6 Å². The van der Waals surface area contributed by atoms with Gasteiger partial charge in [-0.05, 0) is 54.5 Å². The summed E-state index contributed by atoms with van der Waals surface area (Å²) in [5.74, 6) is -0.315. The predicted molar refractivity (Wildman–Crippen MR) is 116 cm³/mol. The molecule has 0 saturated heterocycles. The number of hydrogen-bond acceptors (Lipinski definition) is 2. The molecule has 0 radical (unpaired) electrons. The van der Waals surface area contributed by atoms with Crippen LogP contribution in [0.25, 0.3) is 5.69 Å². The maximum absolute atomic E-state index is 13.3. The SMILES string of the molecule is CC12CCC(c3c(C(=O)Nc4cccc(C(F)(F)F)c4)nn(-c4ccccc4)c31)C2(C)C. The van der Waals surface area contributed by atoms with Crippen molar-refractivity contribution in [2.24, 2.45) is 5.41 Å². The molecular weight excluding hydrogens is 415 g/mol. The van der Waals surface area contributed by atoms with Crippen LogP contribution in [-0.4, -0.2) is 15.7 Å². The molecule has 2 unspecified atom stereocenters. The highest BCUT2D eigenvalue weighted by atomic mass is 19.4. The lowest BCUT2D eigenvalue weighted by atomic mass is 9.70. The molecule has 4 nitrogen and oxygen atoms in total. The Bertz CT molecular complexity index is 1210. The van der Waals surface area contributed by atoms with Gasteiger partial charge >= 0.3 is 6.18 Å². The quantitative estimate of drug-likeness (QED) is 0.519. The van der Waals surface area contributed by atoms with Crippen LogP contribution in [-0.2, 0) is 11.6 Å². The second-order valence-corrected chi connectivity index (χ2v) is 9.54. The van der Waals surface area contributed by atoms with Gasteiger partial charge in [0.15, 0.2) is 5.69 Å². The molecule has 32 heavy (non-hydrogen) atoms. The summed E-state index contributed by atoms with van der Waals surface area (Å²) in [6.45, 7) is 6.69. The van der Waals surface area contributed by atoms with E-state index in [2.05, 4.69) is 26.1 Å². The minimum atomic E-state index is -4.48. The molecule has 2 atom stereocenters. The van der Waals surface area contributed by atoms with Crippen molar-refractivity contribution in [2.75, 3.05) is 5.32 Å². The number of benzene rings is 2. The number of carbonyl (C=O) groups is 1. The number of nitrogens with zero attached hydrogens (tertiary/aromatic N) is 2. The van der Waals surface area contributed by atoms with Gasteiger partial charge in [0.05, 0.1) is 16.9 Å². The van der Waals surface area contributed by atoms with Gasteiger partial charge in [0.1, 0.15) is 0 Å². The van der Waals surface area contributed by atoms with Crippen LogP contribution in [0.1, 0.15) is 66.8 Å². The lowest BCUT2D eigenvalue weighted by Gasteiger charge is -2.35. The fourth-order valence-corrected chi connectivity index (χ4v) is 5.61. The molecule has 1 fully saturated rings. The van der Waals surface area contributed by atoms with Crippen LogP contribution in [0.5, 0.6) is 0 Å². The average molecular weight is 439 g/mol. The first-order valence-corrected chi connectivity index (χ1v) is 10.7. The monoisotopic (exact) mass is 439 g/mol. The molecule has 1 N–H and O–H groups in total. The van der Waals surface area contributed by atoms with E-state index in [0.29, 0.717) is 5.69 Å². The fraction of sp³-hybridized carbons (Fsp3) is 0.360. The van der Waals surface area contributed by atoms with E-state index < -0.39 is 17.6 Å². The molecule has 5 rings (SSSR count). The van der Waals surface area contributed by atoms with Gasteiger partial charge in [0.25, 0.3) is 5.91 Å². The summed E-state index contributed by atoms with van der Waals surface area (Å²) in [4.78, 5) is 13.3.